The van der Waals surface area contributed by atoms with Gasteiger partial charge in [-0.05, 0) is 81.3 Å². The molecule has 0 aromatic heterocycles. The highest BCUT2D eigenvalue weighted by Gasteiger charge is 2.53. The maximum atomic E-state index is 13.6. The number of hydrogen-bond acceptors (Lipinski definition) is 4. The first-order valence-electron chi connectivity index (χ1n) is 13.3. The SMILES string of the molecule is C[Si](C)OC(c1cccc(C[C@]2(O[Si](C)C)C[C@H](C(C)(C)C)CN2C(=O)OC(C)(C)C)c1)C(C)(C)C. The first-order valence-corrected chi connectivity index (χ1v) is 18.1. The van der Waals surface area contributed by atoms with Crippen molar-refractivity contribution in [2.24, 2.45) is 16.7 Å². The van der Waals surface area contributed by atoms with E-state index in [0.29, 0.717) is 18.9 Å². The van der Waals surface area contributed by atoms with E-state index in [1.54, 1.807) is 0 Å². The molecule has 1 aliphatic heterocycles. The van der Waals surface area contributed by atoms with Gasteiger partial charge in [0.15, 0.2) is 0 Å². The van der Waals surface area contributed by atoms with Crippen molar-refractivity contribution in [2.75, 3.05) is 6.54 Å². The molecule has 1 aromatic rings. The predicted octanol–water partition coefficient (Wildman–Crippen LogP) is 7.85. The van der Waals surface area contributed by atoms with Crippen LogP contribution in [0.4, 0.5) is 4.79 Å². The number of carbonyl (C=O) groups excluding carboxylic acids is 1. The Labute approximate surface area is 224 Å². The van der Waals surface area contributed by atoms with E-state index < -0.39 is 29.4 Å². The maximum Gasteiger partial charge on any atom is 0.412 e. The van der Waals surface area contributed by atoms with Crippen molar-refractivity contribution in [3.63, 3.8) is 0 Å². The molecule has 0 spiro atoms. The topological polar surface area (TPSA) is 48.0 Å². The van der Waals surface area contributed by atoms with Gasteiger partial charge in [-0.15, -0.1) is 0 Å². The van der Waals surface area contributed by atoms with Crippen LogP contribution in [0.2, 0.25) is 26.2 Å². The zero-order chi connectivity index (χ0) is 27.7. The molecule has 3 atom stereocenters. The fraction of sp³-hybridized carbons (Fsp3) is 0.759. The van der Waals surface area contributed by atoms with Crippen LogP contribution in [0.5, 0.6) is 0 Å². The number of nitrogens with zero attached hydrogens (tertiary/aromatic N) is 1. The summed E-state index contributed by atoms with van der Waals surface area (Å²) in [6, 6.07) is 8.72. The molecule has 1 aliphatic rings. The molecule has 2 rings (SSSR count). The van der Waals surface area contributed by atoms with Crippen molar-refractivity contribution in [1.82, 2.24) is 4.90 Å². The van der Waals surface area contributed by atoms with E-state index in [1.165, 1.54) is 5.56 Å². The Morgan fingerprint density at radius 3 is 2.11 bits per heavy atom. The average Bonchev–Trinajstić information content (AvgIpc) is 3.02. The number of hydrogen-bond donors (Lipinski definition) is 0. The molecule has 1 aromatic carbocycles. The van der Waals surface area contributed by atoms with Gasteiger partial charge < -0.3 is 13.6 Å². The summed E-state index contributed by atoms with van der Waals surface area (Å²) < 4.78 is 19.2. The van der Waals surface area contributed by atoms with Crippen LogP contribution in [0, 0.1) is 16.7 Å². The van der Waals surface area contributed by atoms with E-state index in [0.717, 1.165) is 12.0 Å². The lowest BCUT2D eigenvalue weighted by molar-refractivity contribution is -0.0677. The fourth-order valence-electron chi connectivity index (χ4n) is 4.93. The van der Waals surface area contributed by atoms with Crippen molar-refractivity contribution < 1.29 is 18.4 Å². The summed E-state index contributed by atoms with van der Waals surface area (Å²) in [5.41, 5.74) is 1.09. The maximum absolute atomic E-state index is 13.6. The molecule has 1 heterocycles. The third-order valence-electron chi connectivity index (χ3n) is 6.57. The Balaban J connectivity index is 2.55. The van der Waals surface area contributed by atoms with Crippen LogP contribution < -0.4 is 0 Å². The third-order valence-corrected chi connectivity index (χ3v) is 8.06. The summed E-state index contributed by atoms with van der Waals surface area (Å²) in [4.78, 5) is 15.5. The predicted molar refractivity (Wildman–Crippen MR) is 153 cm³/mol. The first-order chi connectivity index (χ1) is 16.2. The van der Waals surface area contributed by atoms with Crippen molar-refractivity contribution in [2.45, 2.75) is 119 Å². The largest absolute Gasteiger partial charge is 0.444 e. The normalized spacial score (nSPS) is 22.4. The summed E-state index contributed by atoms with van der Waals surface area (Å²) in [5, 5.41) is 0. The van der Waals surface area contributed by atoms with E-state index in [9.17, 15) is 4.79 Å². The van der Waals surface area contributed by atoms with E-state index in [4.69, 9.17) is 13.6 Å². The number of carbonyl (C=O) groups is 1. The second kappa shape index (κ2) is 11.3. The molecule has 0 saturated carbocycles. The van der Waals surface area contributed by atoms with E-state index in [2.05, 4.69) is 92.0 Å². The molecule has 5 nitrogen and oxygen atoms in total. The highest BCUT2D eigenvalue weighted by atomic mass is 28.3. The molecule has 7 heteroatoms. The zero-order valence-electron chi connectivity index (χ0n) is 25.2. The van der Waals surface area contributed by atoms with Gasteiger partial charge in [0.1, 0.15) is 11.3 Å². The minimum Gasteiger partial charge on any atom is -0.444 e. The smallest absolute Gasteiger partial charge is 0.412 e. The van der Waals surface area contributed by atoms with E-state index >= 15 is 0 Å². The van der Waals surface area contributed by atoms with Gasteiger partial charge >= 0.3 is 6.09 Å². The molecule has 1 amide bonds. The van der Waals surface area contributed by atoms with Gasteiger partial charge in [-0.1, -0.05) is 65.8 Å². The molecule has 1 unspecified atom stereocenters. The minimum absolute atomic E-state index is 0.0167. The molecule has 0 aliphatic carbocycles. The van der Waals surface area contributed by atoms with Crippen LogP contribution in [0.15, 0.2) is 24.3 Å². The van der Waals surface area contributed by atoms with E-state index in [1.807, 2.05) is 25.7 Å². The zero-order valence-corrected chi connectivity index (χ0v) is 27.2. The number of amides is 1. The quantitative estimate of drug-likeness (QED) is 0.335. The lowest BCUT2D eigenvalue weighted by Gasteiger charge is -2.41. The molecule has 1 fully saturated rings. The monoisotopic (exact) mass is 533 g/mol. The molecule has 0 N–H and O–H groups in total. The Morgan fingerprint density at radius 1 is 1.03 bits per heavy atom. The molecular weight excluding hydrogens is 482 g/mol. The highest BCUT2D eigenvalue weighted by Crippen LogP contribution is 2.46. The van der Waals surface area contributed by atoms with Gasteiger partial charge in [0.05, 0.1) is 6.10 Å². The van der Waals surface area contributed by atoms with Crippen LogP contribution in [-0.2, 0) is 20.0 Å². The standard InChI is InChI=1S/C29H51NO4Si2/c1-26(2,3)23-19-29(34-36(12)13,30(20-23)25(31)32-28(7,8)9)18-21-15-14-16-22(17-21)24(27(4,5)6)33-35(10)11/h14-17,23-24H,18-20H2,1-13H3/t23-,24?,29-/m0/s1. The summed E-state index contributed by atoms with van der Waals surface area (Å²) in [7, 11) is -1.98. The number of rotatable bonds is 7. The van der Waals surface area contributed by atoms with Crippen molar-refractivity contribution >= 4 is 24.2 Å². The highest BCUT2D eigenvalue weighted by molar-refractivity contribution is 6.48. The average molecular weight is 534 g/mol. The number of ether oxygens (including phenoxy) is 1. The molecule has 0 bridgehead atoms. The summed E-state index contributed by atoms with van der Waals surface area (Å²) in [5.74, 6) is 0.311. The van der Waals surface area contributed by atoms with Crippen LogP contribution in [0.25, 0.3) is 0 Å². The second-order valence-electron chi connectivity index (χ2n) is 14.0. The molecule has 204 valence electrons. The minimum atomic E-state index is -1.11. The molecule has 2 radical (unpaired) electrons. The molecule has 1 saturated heterocycles. The molecular formula is C29H51NO4Si2. The van der Waals surface area contributed by atoms with Gasteiger partial charge in [0, 0.05) is 13.0 Å². The van der Waals surface area contributed by atoms with Crippen LogP contribution in [0.1, 0.15) is 86.0 Å². The summed E-state index contributed by atoms with van der Waals surface area (Å²) in [6.07, 6.45) is 1.17. The van der Waals surface area contributed by atoms with Crippen LogP contribution in [0.3, 0.4) is 0 Å². The summed E-state index contributed by atoms with van der Waals surface area (Å²) in [6.45, 7) is 28.5. The Morgan fingerprint density at radius 2 is 1.64 bits per heavy atom. The number of benzene rings is 1. The Hall–Kier alpha value is -1.16. The van der Waals surface area contributed by atoms with Gasteiger partial charge in [-0.2, -0.15) is 0 Å². The molecule has 36 heavy (non-hydrogen) atoms. The van der Waals surface area contributed by atoms with E-state index in [-0.39, 0.29) is 23.0 Å². The van der Waals surface area contributed by atoms with Gasteiger partial charge in [-0.25, -0.2) is 4.79 Å². The van der Waals surface area contributed by atoms with Gasteiger partial charge in [0.25, 0.3) is 0 Å². The van der Waals surface area contributed by atoms with Crippen molar-refractivity contribution in [1.29, 1.82) is 0 Å². The van der Waals surface area contributed by atoms with Crippen molar-refractivity contribution in [3.8, 4) is 0 Å². The summed E-state index contributed by atoms with van der Waals surface area (Å²) >= 11 is 0. The fourth-order valence-corrected chi connectivity index (χ4v) is 6.92. The van der Waals surface area contributed by atoms with Crippen molar-refractivity contribution in [3.05, 3.63) is 35.4 Å². The van der Waals surface area contributed by atoms with Gasteiger partial charge in [-0.3, -0.25) is 4.90 Å². The number of likely N-dealkylation sites (tertiary alicyclic amines) is 1. The lowest BCUT2D eigenvalue weighted by Crippen LogP contribution is -2.54. The van der Waals surface area contributed by atoms with Gasteiger partial charge in [0.2, 0.25) is 18.1 Å². The Bertz CT molecular complexity index is 882. The van der Waals surface area contributed by atoms with Crippen LogP contribution >= 0.6 is 0 Å². The second-order valence-corrected chi connectivity index (χ2v) is 18.1. The Kier molecular flexibility index (Phi) is 9.75. The third kappa shape index (κ3) is 8.43. The van der Waals surface area contributed by atoms with Crippen LogP contribution in [-0.4, -0.2) is 46.9 Å². The lowest BCUT2D eigenvalue weighted by atomic mass is 9.78. The first kappa shape index (κ1) is 31.1.